The molecule has 0 radical (unpaired) electrons. The predicted octanol–water partition coefficient (Wildman–Crippen LogP) is 4.09. The lowest BCUT2D eigenvalue weighted by Crippen LogP contribution is -1.80. The highest BCUT2D eigenvalue weighted by molar-refractivity contribution is 8.03. The van der Waals surface area contributed by atoms with Crippen molar-refractivity contribution in [3.8, 4) is 11.2 Å². The molecule has 0 atom stereocenters. The largest absolute Gasteiger partial charge is 0.308 e. The first-order valence-electron chi connectivity index (χ1n) is 5.63. The van der Waals surface area contributed by atoms with Crippen LogP contribution in [-0.4, -0.2) is 6.21 Å². The maximum Gasteiger partial charge on any atom is 0.0260 e. The van der Waals surface area contributed by atoms with Crippen LogP contribution in [0.25, 0.3) is 0 Å². The van der Waals surface area contributed by atoms with Crippen LogP contribution in [0.5, 0.6) is 0 Å². The van der Waals surface area contributed by atoms with Gasteiger partial charge in [0.25, 0.3) is 0 Å². The Balaban J connectivity index is 2.07. The van der Waals surface area contributed by atoms with Gasteiger partial charge in [-0.25, -0.2) is 0 Å². The Bertz CT molecular complexity index is 603. The molecular formula is C16H13NS. The van der Waals surface area contributed by atoms with Crippen LogP contribution in [0.3, 0.4) is 0 Å². The number of thioether (sulfide) groups is 1. The summed E-state index contributed by atoms with van der Waals surface area (Å²) in [6.45, 7) is 2.07. The fourth-order valence-corrected chi connectivity index (χ4v) is 2.01. The summed E-state index contributed by atoms with van der Waals surface area (Å²) in [5.74, 6) is 3.09. The molecule has 2 aromatic carbocycles. The van der Waals surface area contributed by atoms with Gasteiger partial charge in [-0.2, -0.15) is 0 Å². The van der Waals surface area contributed by atoms with Gasteiger partial charge < -0.3 is 5.41 Å². The molecule has 2 heteroatoms. The molecule has 0 aromatic heterocycles. The molecule has 18 heavy (non-hydrogen) atoms. The van der Waals surface area contributed by atoms with Gasteiger partial charge >= 0.3 is 0 Å². The minimum atomic E-state index is 0.877. The second kappa shape index (κ2) is 6.09. The van der Waals surface area contributed by atoms with E-state index >= 15 is 0 Å². The Morgan fingerprint density at radius 2 is 1.89 bits per heavy atom. The smallest absolute Gasteiger partial charge is 0.0260 e. The van der Waals surface area contributed by atoms with Crippen molar-refractivity contribution in [1.82, 2.24) is 0 Å². The highest BCUT2D eigenvalue weighted by Gasteiger charge is 1.91. The molecule has 0 amide bonds. The Kier molecular flexibility index (Phi) is 4.22. The molecule has 0 saturated carbocycles. The first kappa shape index (κ1) is 12.5. The molecule has 0 heterocycles. The van der Waals surface area contributed by atoms with Gasteiger partial charge in [0.15, 0.2) is 0 Å². The van der Waals surface area contributed by atoms with E-state index in [1.54, 1.807) is 0 Å². The minimum absolute atomic E-state index is 0.877. The third kappa shape index (κ3) is 3.51. The minimum Gasteiger partial charge on any atom is -0.308 e. The van der Waals surface area contributed by atoms with Crippen LogP contribution >= 0.6 is 11.8 Å². The van der Waals surface area contributed by atoms with E-state index in [9.17, 15) is 0 Å². The van der Waals surface area contributed by atoms with Crippen LogP contribution in [-0.2, 0) is 0 Å². The number of benzene rings is 2. The average Bonchev–Trinajstić information content (AvgIpc) is 2.41. The average molecular weight is 251 g/mol. The maximum absolute atomic E-state index is 7.19. The maximum atomic E-state index is 7.19. The number of hydrogen-bond acceptors (Lipinski definition) is 2. The molecule has 0 aliphatic heterocycles. The molecule has 0 aliphatic carbocycles. The van der Waals surface area contributed by atoms with E-state index in [1.165, 1.54) is 23.5 Å². The van der Waals surface area contributed by atoms with Crippen molar-refractivity contribution in [2.75, 3.05) is 0 Å². The van der Waals surface area contributed by atoms with Gasteiger partial charge in [0.2, 0.25) is 0 Å². The zero-order valence-corrected chi connectivity index (χ0v) is 10.9. The number of aryl methyl sites for hydroxylation is 1. The first-order chi connectivity index (χ1) is 8.78. The van der Waals surface area contributed by atoms with Crippen LogP contribution in [0.1, 0.15) is 16.7 Å². The topological polar surface area (TPSA) is 23.9 Å². The van der Waals surface area contributed by atoms with Gasteiger partial charge in [-0.1, -0.05) is 35.7 Å². The van der Waals surface area contributed by atoms with Crippen molar-refractivity contribution in [2.45, 2.75) is 11.8 Å². The molecule has 1 N–H and O–H groups in total. The van der Waals surface area contributed by atoms with Crippen LogP contribution < -0.4 is 0 Å². The zero-order chi connectivity index (χ0) is 12.8. The van der Waals surface area contributed by atoms with Gasteiger partial charge in [0.05, 0.1) is 0 Å². The fourth-order valence-electron chi connectivity index (χ4n) is 1.46. The normalized spacial score (nSPS) is 9.39. The lowest BCUT2D eigenvalue weighted by Gasteiger charge is -1.95. The van der Waals surface area contributed by atoms with Crippen LogP contribution in [0, 0.1) is 23.5 Å². The highest BCUT2D eigenvalue weighted by Crippen LogP contribution is 2.17. The number of rotatable bonds is 2. The molecule has 2 rings (SSSR count). The SMILES string of the molecule is Cc1ccc(SC#Cc2cccc(C=N)c2)cc1. The van der Waals surface area contributed by atoms with Crippen molar-refractivity contribution in [1.29, 1.82) is 5.41 Å². The fraction of sp³-hybridized carbons (Fsp3) is 0.0625. The molecular weight excluding hydrogens is 238 g/mol. The Morgan fingerprint density at radius 3 is 2.61 bits per heavy atom. The first-order valence-corrected chi connectivity index (χ1v) is 6.44. The summed E-state index contributed by atoms with van der Waals surface area (Å²) in [6, 6.07) is 16.0. The van der Waals surface area contributed by atoms with Gasteiger partial charge in [-0.15, -0.1) is 0 Å². The molecule has 0 unspecified atom stereocenters. The lowest BCUT2D eigenvalue weighted by molar-refractivity contribution is 1.38. The lowest BCUT2D eigenvalue weighted by atomic mass is 10.1. The van der Waals surface area contributed by atoms with Gasteiger partial charge in [0, 0.05) is 16.7 Å². The second-order valence-electron chi connectivity index (χ2n) is 3.91. The van der Waals surface area contributed by atoms with Crippen molar-refractivity contribution in [2.24, 2.45) is 0 Å². The standard InChI is InChI=1S/C16H13NS/c1-13-5-7-16(8-6-13)18-10-9-14-3-2-4-15(11-14)12-17/h2-8,11-12,17H,1H3. The quantitative estimate of drug-likeness (QED) is 0.485. The summed E-state index contributed by atoms with van der Waals surface area (Å²) < 4.78 is 0. The summed E-state index contributed by atoms with van der Waals surface area (Å²) in [5.41, 5.74) is 3.07. The Labute approximate surface area is 112 Å². The van der Waals surface area contributed by atoms with E-state index in [1.807, 2.05) is 24.3 Å². The van der Waals surface area contributed by atoms with E-state index in [-0.39, 0.29) is 0 Å². The summed E-state index contributed by atoms with van der Waals surface area (Å²) in [6.07, 6.45) is 1.33. The molecule has 1 nitrogen and oxygen atoms in total. The summed E-state index contributed by atoms with van der Waals surface area (Å²) in [7, 11) is 0. The molecule has 88 valence electrons. The van der Waals surface area contributed by atoms with Crippen LogP contribution in [0.15, 0.2) is 53.4 Å². The van der Waals surface area contributed by atoms with Gasteiger partial charge in [0.1, 0.15) is 0 Å². The van der Waals surface area contributed by atoms with Gasteiger partial charge in [-0.05, 0) is 53.8 Å². The summed E-state index contributed by atoms with van der Waals surface area (Å²) in [5, 5.41) is 10.3. The highest BCUT2D eigenvalue weighted by atomic mass is 32.2. The molecule has 0 aliphatic rings. The molecule has 0 saturated heterocycles. The second-order valence-corrected chi connectivity index (χ2v) is 4.79. The van der Waals surface area contributed by atoms with E-state index in [0.29, 0.717) is 0 Å². The Morgan fingerprint density at radius 1 is 1.11 bits per heavy atom. The number of nitrogens with one attached hydrogen (secondary N) is 1. The monoisotopic (exact) mass is 251 g/mol. The molecule has 0 spiro atoms. The van der Waals surface area contributed by atoms with E-state index in [4.69, 9.17) is 5.41 Å². The third-order valence-corrected chi connectivity index (χ3v) is 3.15. The Hall–Kier alpha value is -1.98. The molecule has 0 bridgehead atoms. The molecule has 0 fully saturated rings. The predicted molar refractivity (Wildman–Crippen MR) is 78.2 cm³/mol. The summed E-state index contributed by atoms with van der Waals surface area (Å²) in [4.78, 5) is 1.15. The van der Waals surface area contributed by atoms with Crippen LogP contribution in [0.2, 0.25) is 0 Å². The van der Waals surface area contributed by atoms with E-state index in [0.717, 1.165) is 16.0 Å². The number of hydrogen-bond donors (Lipinski definition) is 1. The van der Waals surface area contributed by atoms with Crippen molar-refractivity contribution in [3.63, 3.8) is 0 Å². The van der Waals surface area contributed by atoms with Crippen LogP contribution in [0.4, 0.5) is 0 Å². The van der Waals surface area contributed by atoms with E-state index in [2.05, 4.69) is 42.4 Å². The summed E-state index contributed by atoms with van der Waals surface area (Å²) >= 11 is 1.52. The third-order valence-electron chi connectivity index (χ3n) is 2.44. The van der Waals surface area contributed by atoms with Gasteiger partial charge in [-0.3, -0.25) is 0 Å². The van der Waals surface area contributed by atoms with E-state index < -0.39 is 0 Å². The molecule has 2 aromatic rings. The van der Waals surface area contributed by atoms with Crippen molar-refractivity contribution < 1.29 is 0 Å². The van der Waals surface area contributed by atoms with Crippen molar-refractivity contribution >= 4 is 18.0 Å². The van der Waals surface area contributed by atoms with Crippen molar-refractivity contribution in [3.05, 3.63) is 65.2 Å². The zero-order valence-electron chi connectivity index (χ0n) is 10.1.